The van der Waals surface area contributed by atoms with Gasteiger partial charge in [-0.1, -0.05) is 18.2 Å². The molecule has 2 saturated carbocycles. The predicted octanol–water partition coefficient (Wildman–Crippen LogP) is 5.78. The molecule has 1 aromatic carbocycles. The molecule has 2 atom stereocenters. The molecule has 2 aliphatic carbocycles. The number of halogens is 6. The molecule has 5 nitrogen and oxygen atoms in total. The van der Waals surface area contributed by atoms with Crippen LogP contribution in [0.2, 0.25) is 0 Å². The van der Waals surface area contributed by atoms with Gasteiger partial charge in [-0.25, -0.2) is 0 Å². The SMILES string of the molecule is FC(F)(F)Oc1ccccc1C1CC1COc1ccn2c(CC3CC3)nnc2c1C(F)(F)F. The molecule has 3 aromatic rings. The molecule has 2 fully saturated rings. The fourth-order valence-corrected chi connectivity index (χ4v) is 4.11. The largest absolute Gasteiger partial charge is 0.573 e. The highest BCUT2D eigenvalue weighted by Crippen LogP contribution is 2.51. The van der Waals surface area contributed by atoms with Crippen LogP contribution in [0.5, 0.6) is 11.5 Å². The quantitative estimate of drug-likeness (QED) is 0.410. The number of pyridine rings is 1. The fourth-order valence-electron chi connectivity index (χ4n) is 4.11. The minimum Gasteiger partial charge on any atom is -0.492 e. The van der Waals surface area contributed by atoms with E-state index < -0.39 is 18.1 Å². The Labute approximate surface area is 184 Å². The molecule has 5 rings (SSSR count). The topological polar surface area (TPSA) is 48.7 Å². The van der Waals surface area contributed by atoms with Crippen LogP contribution < -0.4 is 9.47 Å². The molecule has 0 amide bonds. The summed E-state index contributed by atoms with van der Waals surface area (Å²) in [5.74, 6) is -0.289. The molecular weight excluding hydrogens is 452 g/mol. The molecule has 0 N–H and O–H groups in total. The van der Waals surface area contributed by atoms with Crippen LogP contribution in [-0.2, 0) is 12.6 Å². The van der Waals surface area contributed by atoms with Gasteiger partial charge in [-0.05, 0) is 48.8 Å². The van der Waals surface area contributed by atoms with E-state index in [2.05, 4.69) is 14.9 Å². The lowest BCUT2D eigenvalue weighted by molar-refractivity contribution is -0.274. The standard InChI is InChI=1S/C22H19F6N3O2/c23-21(24,25)19-17(7-8-31-18(9-12-5-6-12)29-30-20(19)31)32-11-13-10-15(13)14-3-1-2-4-16(14)33-22(26,27)28/h1-4,7-8,12-13,15H,5-6,9-11H2. The van der Waals surface area contributed by atoms with Crippen LogP contribution in [0.4, 0.5) is 26.3 Å². The maximum Gasteiger partial charge on any atom is 0.573 e. The Hall–Kier alpha value is -2.98. The highest BCUT2D eigenvalue weighted by atomic mass is 19.4. The molecule has 0 radical (unpaired) electrons. The van der Waals surface area contributed by atoms with Gasteiger partial charge < -0.3 is 9.47 Å². The van der Waals surface area contributed by atoms with Crippen LogP contribution in [0.1, 0.15) is 42.1 Å². The van der Waals surface area contributed by atoms with Crippen molar-refractivity contribution in [3.63, 3.8) is 0 Å². The summed E-state index contributed by atoms with van der Waals surface area (Å²) in [5.41, 5.74) is -0.957. The Morgan fingerprint density at radius 1 is 0.970 bits per heavy atom. The summed E-state index contributed by atoms with van der Waals surface area (Å²) in [7, 11) is 0. The first-order chi connectivity index (χ1) is 15.6. The summed E-state index contributed by atoms with van der Waals surface area (Å²) in [6.45, 7) is -0.0761. The molecule has 0 spiro atoms. The fraction of sp³-hybridized carbons (Fsp3) is 0.455. The number of rotatable bonds is 7. The van der Waals surface area contributed by atoms with E-state index >= 15 is 0 Å². The lowest BCUT2D eigenvalue weighted by Crippen LogP contribution is -2.18. The monoisotopic (exact) mass is 471 g/mol. The van der Waals surface area contributed by atoms with Crippen molar-refractivity contribution >= 4 is 5.65 Å². The molecule has 176 valence electrons. The minimum atomic E-state index is -4.83. The number of aromatic nitrogens is 3. The van der Waals surface area contributed by atoms with Gasteiger partial charge in [0.05, 0.1) is 6.61 Å². The summed E-state index contributed by atoms with van der Waals surface area (Å²) < 4.78 is 90.6. The molecule has 2 aliphatic rings. The highest BCUT2D eigenvalue weighted by Gasteiger charge is 2.44. The van der Waals surface area contributed by atoms with Crippen LogP contribution in [0.25, 0.3) is 5.65 Å². The van der Waals surface area contributed by atoms with Crippen molar-refractivity contribution in [3.8, 4) is 11.5 Å². The number of hydrogen-bond acceptors (Lipinski definition) is 4. The van der Waals surface area contributed by atoms with Crippen molar-refractivity contribution in [2.75, 3.05) is 6.61 Å². The summed E-state index contributed by atoms with van der Waals surface area (Å²) in [6.07, 6.45) is -4.96. The average Bonchev–Trinajstić information content (AvgIpc) is 3.63. The summed E-state index contributed by atoms with van der Waals surface area (Å²) >= 11 is 0. The third kappa shape index (κ3) is 4.72. The van der Waals surface area contributed by atoms with Gasteiger partial charge in [-0.2, -0.15) is 13.2 Å². The molecule has 11 heteroatoms. The molecule has 2 unspecified atom stereocenters. The second-order valence-corrected chi connectivity index (χ2v) is 8.51. The number of benzene rings is 1. The van der Waals surface area contributed by atoms with Gasteiger partial charge in [0.1, 0.15) is 22.9 Å². The zero-order chi connectivity index (χ0) is 23.4. The Morgan fingerprint density at radius 3 is 2.42 bits per heavy atom. The number of nitrogens with zero attached hydrogens (tertiary/aromatic N) is 3. The number of fused-ring (bicyclic) bond motifs is 1. The van der Waals surface area contributed by atoms with E-state index in [4.69, 9.17) is 4.74 Å². The number of hydrogen-bond donors (Lipinski definition) is 0. The first kappa shape index (κ1) is 21.8. The van der Waals surface area contributed by atoms with Gasteiger partial charge in [-0.3, -0.25) is 4.40 Å². The van der Waals surface area contributed by atoms with E-state index in [0.29, 0.717) is 30.1 Å². The molecule has 0 saturated heterocycles. The third-order valence-electron chi connectivity index (χ3n) is 5.98. The number of alkyl halides is 6. The van der Waals surface area contributed by atoms with Crippen LogP contribution >= 0.6 is 0 Å². The number of ether oxygens (including phenoxy) is 2. The Balaban J connectivity index is 1.34. The third-order valence-corrected chi connectivity index (χ3v) is 5.98. The first-order valence-electron chi connectivity index (χ1n) is 10.5. The van der Waals surface area contributed by atoms with Crippen molar-refractivity contribution in [2.45, 2.75) is 44.1 Å². The van der Waals surface area contributed by atoms with Crippen molar-refractivity contribution in [3.05, 3.63) is 53.5 Å². The van der Waals surface area contributed by atoms with Gasteiger partial charge in [0.15, 0.2) is 5.65 Å². The van der Waals surface area contributed by atoms with Gasteiger partial charge in [0, 0.05) is 18.5 Å². The van der Waals surface area contributed by atoms with Crippen LogP contribution in [0, 0.1) is 11.8 Å². The zero-order valence-corrected chi connectivity index (χ0v) is 17.2. The van der Waals surface area contributed by atoms with Gasteiger partial charge in [0.25, 0.3) is 0 Å². The van der Waals surface area contributed by atoms with Crippen LogP contribution in [0.15, 0.2) is 36.5 Å². The lowest BCUT2D eigenvalue weighted by atomic mass is 10.1. The van der Waals surface area contributed by atoms with Gasteiger partial charge in [0.2, 0.25) is 0 Å². The van der Waals surface area contributed by atoms with Crippen LogP contribution in [-0.4, -0.2) is 27.6 Å². The van der Waals surface area contributed by atoms with Gasteiger partial charge in [-0.15, -0.1) is 23.4 Å². The van der Waals surface area contributed by atoms with Crippen molar-refractivity contribution in [1.82, 2.24) is 14.6 Å². The summed E-state index contributed by atoms with van der Waals surface area (Å²) in [5, 5.41) is 7.71. The number of para-hydroxylation sites is 1. The maximum absolute atomic E-state index is 13.9. The molecule has 0 bridgehead atoms. The molecule has 2 aromatic heterocycles. The summed E-state index contributed by atoms with van der Waals surface area (Å²) in [6, 6.07) is 7.01. The lowest BCUT2D eigenvalue weighted by Gasteiger charge is -2.15. The minimum absolute atomic E-state index is 0.0761. The van der Waals surface area contributed by atoms with E-state index in [9.17, 15) is 26.3 Å². The van der Waals surface area contributed by atoms with E-state index in [-0.39, 0.29) is 35.6 Å². The van der Waals surface area contributed by atoms with E-state index in [1.54, 1.807) is 6.07 Å². The smallest absolute Gasteiger partial charge is 0.492 e. The van der Waals surface area contributed by atoms with Crippen molar-refractivity contribution in [1.29, 1.82) is 0 Å². The Kier molecular flexibility index (Phi) is 5.17. The van der Waals surface area contributed by atoms with E-state index in [1.165, 1.54) is 34.9 Å². The van der Waals surface area contributed by atoms with E-state index in [1.807, 2.05) is 0 Å². The second-order valence-electron chi connectivity index (χ2n) is 8.51. The average molecular weight is 471 g/mol. The maximum atomic E-state index is 13.9. The van der Waals surface area contributed by atoms with Crippen molar-refractivity contribution < 1.29 is 35.8 Å². The normalized spacial score (nSPS) is 20.8. The summed E-state index contributed by atoms with van der Waals surface area (Å²) in [4.78, 5) is 0. The molecule has 33 heavy (non-hydrogen) atoms. The van der Waals surface area contributed by atoms with Gasteiger partial charge >= 0.3 is 12.5 Å². The Morgan fingerprint density at radius 2 is 1.73 bits per heavy atom. The molecular formula is C22H19F6N3O2. The van der Waals surface area contributed by atoms with E-state index in [0.717, 1.165) is 12.8 Å². The highest BCUT2D eigenvalue weighted by molar-refractivity contribution is 5.57. The first-order valence-corrected chi connectivity index (χ1v) is 10.5. The second kappa shape index (κ2) is 7.81. The molecule has 2 heterocycles. The predicted molar refractivity (Wildman–Crippen MR) is 104 cm³/mol. The Bertz CT molecular complexity index is 1170. The van der Waals surface area contributed by atoms with Crippen molar-refractivity contribution in [2.24, 2.45) is 11.8 Å². The van der Waals surface area contributed by atoms with Crippen LogP contribution in [0.3, 0.4) is 0 Å². The molecule has 0 aliphatic heterocycles. The zero-order valence-electron chi connectivity index (χ0n) is 17.2.